The van der Waals surface area contributed by atoms with E-state index in [1.165, 1.54) is 18.2 Å². The van der Waals surface area contributed by atoms with Crippen molar-refractivity contribution < 1.29 is 15.3 Å². The molecule has 3 heteroatoms. The molecule has 1 radical (unpaired) electrons. The Hall–Kier alpha value is -1.22. The summed E-state index contributed by atoms with van der Waals surface area (Å²) < 4.78 is 0. The fourth-order valence-electron chi connectivity index (χ4n) is 0.693. The van der Waals surface area contributed by atoms with E-state index in [0.29, 0.717) is 5.56 Å². The summed E-state index contributed by atoms with van der Waals surface area (Å²) in [5, 5.41) is 26.1. The Morgan fingerprint density at radius 1 is 1.00 bits per heavy atom. The van der Waals surface area contributed by atoms with E-state index >= 15 is 0 Å². The highest BCUT2D eigenvalue weighted by Crippen LogP contribution is 2.20. The van der Waals surface area contributed by atoms with Crippen LogP contribution >= 0.6 is 0 Å². The first-order chi connectivity index (χ1) is 4.72. The SMILES string of the molecule is O[CH]c1cc(O)cc(O)c1. The third-order valence-electron chi connectivity index (χ3n) is 1.07. The standard InChI is InChI=1S/C7H7O3/c8-4-5-1-6(9)3-7(10)2-5/h1-4,8-10H. The minimum absolute atomic E-state index is 0.0692. The van der Waals surface area contributed by atoms with Crippen molar-refractivity contribution in [1.82, 2.24) is 0 Å². The van der Waals surface area contributed by atoms with Crippen molar-refractivity contribution in [3.63, 3.8) is 0 Å². The lowest BCUT2D eigenvalue weighted by molar-refractivity contribution is 0.409. The molecule has 3 nitrogen and oxygen atoms in total. The zero-order valence-corrected chi connectivity index (χ0v) is 5.15. The second-order valence-corrected chi connectivity index (χ2v) is 1.91. The van der Waals surface area contributed by atoms with Crippen LogP contribution in [0.1, 0.15) is 5.56 Å². The van der Waals surface area contributed by atoms with Gasteiger partial charge in [0, 0.05) is 6.07 Å². The molecule has 1 aromatic rings. The van der Waals surface area contributed by atoms with Gasteiger partial charge in [0.05, 0.1) is 0 Å². The summed E-state index contributed by atoms with van der Waals surface area (Å²) in [6, 6.07) is 3.85. The van der Waals surface area contributed by atoms with Gasteiger partial charge in [-0.1, -0.05) is 0 Å². The van der Waals surface area contributed by atoms with Crippen LogP contribution in [-0.4, -0.2) is 15.3 Å². The fourth-order valence-corrected chi connectivity index (χ4v) is 0.693. The second kappa shape index (κ2) is 2.58. The van der Waals surface area contributed by atoms with Gasteiger partial charge in [-0.2, -0.15) is 0 Å². The molecule has 0 aliphatic rings. The summed E-state index contributed by atoms with van der Waals surface area (Å²) >= 11 is 0. The third kappa shape index (κ3) is 1.39. The average Bonchev–Trinajstić information content (AvgIpc) is 1.85. The lowest BCUT2D eigenvalue weighted by Crippen LogP contribution is -1.78. The number of benzene rings is 1. The van der Waals surface area contributed by atoms with E-state index in [0.717, 1.165) is 6.61 Å². The summed E-state index contributed by atoms with van der Waals surface area (Å²) in [5.41, 5.74) is 0.373. The van der Waals surface area contributed by atoms with Gasteiger partial charge < -0.3 is 15.3 Å². The lowest BCUT2D eigenvalue weighted by Gasteiger charge is -1.97. The maximum Gasteiger partial charge on any atom is 0.119 e. The van der Waals surface area contributed by atoms with Gasteiger partial charge in [-0.15, -0.1) is 0 Å². The number of rotatable bonds is 1. The van der Waals surface area contributed by atoms with Gasteiger partial charge in [-0.25, -0.2) is 0 Å². The molecule has 1 rings (SSSR count). The Morgan fingerprint density at radius 3 is 1.90 bits per heavy atom. The number of phenols is 2. The van der Waals surface area contributed by atoms with Crippen molar-refractivity contribution >= 4 is 0 Å². The van der Waals surface area contributed by atoms with E-state index in [1.807, 2.05) is 0 Å². The minimum atomic E-state index is -0.0692. The van der Waals surface area contributed by atoms with Gasteiger partial charge in [0.15, 0.2) is 0 Å². The number of aliphatic hydroxyl groups excluding tert-OH is 1. The van der Waals surface area contributed by atoms with Crippen LogP contribution in [0.25, 0.3) is 0 Å². The molecular formula is C7H7O3. The van der Waals surface area contributed by atoms with Crippen LogP contribution in [0.5, 0.6) is 11.5 Å². The van der Waals surface area contributed by atoms with E-state index in [2.05, 4.69) is 0 Å². The van der Waals surface area contributed by atoms with Crippen LogP contribution in [0.4, 0.5) is 0 Å². The Kier molecular flexibility index (Phi) is 1.78. The molecule has 0 aromatic heterocycles. The smallest absolute Gasteiger partial charge is 0.119 e. The van der Waals surface area contributed by atoms with E-state index in [9.17, 15) is 0 Å². The Bertz CT molecular complexity index is 212. The highest BCUT2D eigenvalue weighted by Gasteiger charge is 1.96. The first-order valence-corrected chi connectivity index (χ1v) is 2.73. The van der Waals surface area contributed by atoms with Crippen molar-refractivity contribution in [2.75, 3.05) is 0 Å². The maximum atomic E-state index is 8.83. The van der Waals surface area contributed by atoms with Crippen LogP contribution in [0.15, 0.2) is 18.2 Å². The van der Waals surface area contributed by atoms with Crippen LogP contribution < -0.4 is 0 Å². The predicted molar refractivity (Wildman–Crippen MR) is 35.1 cm³/mol. The molecule has 0 saturated carbocycles. The molecule has 53 valence electrons. The summed E-state index contributed by atoms with van der Waals surface area (Å²) in [4.78, 5) is 0. The Morgan fingerprint density at radius 2 is 1.50 bits per heavy atom. The van der Waals surface area contributed by atoms with Crippen LogP contribution in [0.3, 0.4) is 0 Å². The summed E-state index contributed by atoms with van der Waals surface area (Å²) in [6.45, 7) is 0.805. The van der Waals surface area contributed by atoms with Gasteiger partial charge in [-0.05, 0) is 17.7 Å². The molecule has 0 spiro atoms. The molecule has 10 heavy (non-hydrogen) atoms. The largest absolute Gasteiger partial charge is 0.508 e. The second-order valence-electron chi connectivity index (χ2n) is 1.91. The molecule has 0 unspecified atom stereocenters. The zero-order chi connectivity index (χ0) is 7.56. The van der Waals surface area contributed by atoms with E-state index < -0.39 is 0 Å². The summed E-state index contributed by atoms with van der Waals surface area (Å²) in [6.07, 6.45) is 0. The Labute approximate surface area is 58.2 Å². The highest BCUT2D eigenvalue weighted by molar-refractivity contribution is 5.38. The molecule has 0 aliphatic carbocycles. The van der Waals surface area contributed by atoms with E-state index in [4.69, 9.17) is 15.3 Å². The van der Waals surface area contributed by atoms with Crippen LogP contribution in [-0.2, 0) is 0 Å². The van der Waals surface area contributed by atoms with Gasteiger partial charge in [0.1, 0.15) is 18.1 Å². The van der Waals surface area contributed by atoms with Gasteiger partial charge in [0.2, 0.25) is 0 Å². The van der Waals surface area contributed by atoms with Crippen molar-refractivity contribution in [2.24, 2.45) is 0 Å². The predicted octanol–water partition coefficient (Wildman–Crippen LogP) is 0.980. The zero-order valence-electron chi connectivity index (χ0n) is 5.15. The quantitative estimate of drug-likeness (QED) is 0.543. The molecule has 0 atom stereocenters. The number of aromatic hydroxyl groups is 2. The third-order valence-corrected chi connectivity index (χ3v) is 1.07. The monoisotopic (exact) mass is 139 g/mol. The number of hydrogen-bond acceptors (Lipinski definition) is 3. The van der Waals surface area contributed by atoms with Crippen molar-refractivity contribution in [2.45, 2.75) is 0 Å². The molecule has 0 bridgehead atoms. The topological polar surface area (TPSA) is 60.7 Å². The van der Waals surface area contributed by atoms with Crippen molar-refractivity contribution in [3.8, 4) is 11.5 Å². The minimum Gasteiger partial charge on any atom is -0.508 e. The summed E-state index contributed by atoms with van der Waals surface area (Å²) in [5.74, 6) is -0.138. The molecule has 0 saturated heterocycles. The van der Waals surface area contributed by atoms with Crippen LogP contribution in [0, 0.1) is 6.61 Å². The first-order valence-electron chi connectivity index (χ1n) is 2.73. The highest BCUT2D eigenvalue weighted by atomic mass is 16.3. The van der Waals surface area contributed by atoms with Gasteiger partial charge in [0.25, 0.3) is 0 Å². The van der Waals surface area contributed by atoms with Gasteiger partial charge in [-0.3, -0.25) is 0 Å². The fraction of sp³-hybridized carbons (Fsp3) is 0. The molecule has 0 aliphatic heterocycles. The van der Waals surface area contributed by atoms with Crippen molar-refractivity contribution in [3.05, 3.63) is 30.4 Å². The number of hydrogen-bond donors (Lipinski definition) is 3. The molecule has 0 heterocycles. The number of phenolic OH excluding ortho intramolecular Hbond substituents is 2. The van der Waals surface area contributed by atoms with E-state index in [-0.39, 0.29) is 11.5 Å². The summed E-state index contributed by atoms with van der Waals surface area (Å²) in [7, 11) is 0. The number of aliphatic hydroxyl groups is 1. The molecule has 0 fully saturated rings. The van der Waals surface area contributed by atoms with Gasteiger partial charge >= 0.3 is 0 Å². The average molecular weight is 139 g/mol. The van der Waals surface area contributed by atoms with Crippen molar-refractivity contribution in [1.29, 1.82) is 0 Å². The maximum absolute atomic E-state index is 8.83. The van der Waals surface area contributed by atoms with E-state index in [1.54, 1.807) is 0 Å². The van der Waals surface area contributed by atoms with Crippen LogP contribution in [0.2, 0.25) is 0 Å². The molecule has 3 N–H and O–H groups in total. The Balaban J connectivity index is 3.06. The molecular weight excluding hydrogens is 132 g/mol. The normalized spacial score (nSPS) is 9.70. The molecule has 1 aromatic carbocycles. The molecule has 0 amide bonds. The lowest BCUT2D eigenvalue weighted by atomic mass is 10.2. The first kappa shape index (κ1) is 6.89.